The third kappa shape index (κ3) is 3.72. The van der Waals surface area contributed by atoms with Crippen molar-refractivity contribution >= 4 is 44.8 Å². The van der Waals surface area contributed by atoms with Gasteiger partial charge in [0.15, 0.2) is 5.17 Å². The zero-order valence-electron chi connectivity index (χ0n) is 13.6. The van der Waals surface area contributed by atoms with Gasteiger partial charge in [0, 0.05) is 24.7 Å². The number of methoxy groups -OCH3 is 2. The lowest BCUT2D eigenvalue weighted by Gasteiger charge is -2.11. The van der Waals surface area contributed by atoms with Crippen LogP contribution in [0.1, 0.15) is 19.4 Å². The van der Waals surface area contributed by atoms with Crippen molar-refractivity contribution in [1.82, 2.24) is 4.90 Å². The highest BCUT2D eigenvalue weighted by Crippen LogP contribution is 2.37. The SMILES string of the molecule is CCN=C1S/C(=C\c2cc(Br)c(OC)cc2OC)C(=O)N1CC. The quantitative estimate of drug-likeness (QED) is 0.708. The molecule has 5 nitrogen and oxygen atoms in total. The van der Waals surface area contributed by atoms with Crippen LogP contribution in [0.4, 0.5) is 0 Å². The zero-order chi connectivity index (χ0) is 17.0. The Morgan fingerprint density at radius 3 is 2.52 bits per heavy atom. The lowest BCUT2D eigenvalue weighted by molar-refractivity contribution is -0.122. The highest BCUT2D eigenvalue weighted by atomic mass is 79.9. The molecule has 0 radical (unpaired) electrons. The number of hydrogen-bond donors (Lipinski definition) is 0. The molecule has 0 aliphatic carbocycles. The molecule has 0 N–H and O–H groups in total. The summed E-state index contributed by atoms with van der Waals surface area (Å²) in [6.45, 7) is 5.15. The van der Waals surface area contributed by atoms with E-state index in [1.165, 1.54) is 11.8 Å². The Hall–Kier alpha value is -1.47. The Bertz CT molecular complexity index is 674. The maximum absolute atomic E-state index is 12.5. The molecule has 0 saturated carbocycles. The van der Waals surface area contributed by atoms with E-state index >= 15 is 0 Å². The molecule has 0 atom stereocenters. The number of amides is 1. The number of carbonyl (C=O) groups excluding carboxylic acids is 1. The van der Waals surface area contributed by atoms with E-state index < -0.39 is 0 Å². The van der Waals surface area contributed by atoms with Gasteiger partial charge in [0.2, 0.25) is 0 Å². The Morgan fingerprint density at radius 1 is 1.26 bits per heavy atom. The molecule has 1 saturated heterocycles. The predicted octanol–water partition coefficient (Wildman–Crippen LogP) is 3.78. The number of aliphatic imine (C=N–C) groups is 1. The highest BCUT2D eigenvalue weighted by molar-refractivity contribution is 9.10. The molecule has 1 heterocycles. The van der Waals surface area contributed by atoms with Crippen molar-refractivity contribution in [3.63, 3.8) is 0 Å². The average molecular weight is 399 g/mol. The first kappa shape index (κ1) is 17.9. The van der Waals surface area contributed by atoms with Gasteiger partial charge >= 0.3 is 0 Å². The summed E-state index contributed by atoms with van der Waals surface area (Å²) in [6.07, 6.45) is 1.83. The summed E-state index contributed by atoms with van der Waals surface area (Å²) in [5.41, 5.74) is 0.810. The fraction of sp³-hybridized carbons (Fsp3) is 0.375. The molecule has 0 aromatic heterocycles. The Kier molecular flexibility index (Phi) is 6.12. The van der Waals surface area contributed by atoms with Gasteiger partial charge in [-0.2, -0.15) is 0 Å². The van der Waals surface area contributed by atoms with Gasteiger partial charge in [-0.1, -0.05) is 0 Å². The van der Waals surface area contributed by atoms with Crippen molar-refractivity contribution in [3.8, 4) is 11.5 Å². The molecular weight excluding hydrogens is 380 g/mol. The number of amidine groups is 1. The monoisotopic (exact) mass is 398 g/mol. The molecule has 124 valence electrons. The minimum absolute atomic E-state index is 0.0290. The molecule has 1 fully saturated rings. The van der Waals surface area contributed by atoms with Crippen LogP contribution in [0.3, 0.4) is 0 Å². The van der Waals surface area contributed by atoms with Crippen LogP contribution < -0.4 is 9.47 Å². The van der Waals surface area contributed by atoms with E-state index in [1.807, 2.05) is 26.0 Å². The van der Waals surface area contributed by atoms with E-state index in [9.17, 15) is 4.79 Å². The summed E-state index contributed by atoms with van der Waals surface area (Å²) in [5, 5.41) is 0.748. The van der Waals surface area contributed by atoms with E-state index in [4.69, 9.17) is 9.47 Å². The summed E-state index contributed by atoms with van der Waals surface area (Å²) < 4.78 is 11.5. The standard InChI is InChI=1S/C16H19BrN2O3S/c1-5-18-16-19(6-2)15(20)14(23-16)8-10-7-11(17)13(22-4)9-12(10)21-3/h7-9H,5-6H2,1-4H3/b14-8-,18-16?. The van der Waals surface area contributed by atoms with Gasteiger partial charge in [-0.05, 0) is 53.7 Å². The van der Waals surface area contributed by atoms with Crippen LogP contribution in [0.15, 0.2) is 26.5 Å². The first-order valence-corrected chi connectivity index (χ1v) is 8.84. The maximum Gasteiger partial charge on any atom is 0.266 e. The smallest absolute Gasteiger partial charge is 0.266 e. The summed E-state index contributed by atoms with van der Waals surface area (Å²) in [4.78, 5) is 19.2. The van der Waals surface area contributed by atoms with Crippen LogP contribution in [0.5, 0.6) is 11.5 Å². The lowest BCUT2D eigenvalue weighted by Crippen LogP contribution is -2.28. The highest BCUT2D eigenvalue weighted by Gasteiger charge is 2.32. The number of nitrogens with zero attached hydrogens (tertiary/aromatic N) is 2. The van der Waals surface area contributed by atoms with Crippen LogP contribution in [-0.4, -0.2) is 43.3 Å². The minimum Gasteiger partial charge on any atom is -0.496 e. The summed E-state index contributed by atoms with van der Waals surface area (Å²) in [7, 11) is 3.19. The molecule has 1 aromatic rings. The number of thioether (sulfide) groups is 1. The number of hydrogen-bond acceptors (Lipinski definition) is 5. The number of ether oxygens (including phenoxy) is 2. The second-order valence-electron chi connectivity index (χ2n) is 4.65. The second-order valence-corrected chi connectivity index (χ2v) is 6.51. The van der Waals surface area contributed by atoms with E-state index in [-0.39, 0.29) is 5.91 Å². The van der Waals surface area contributed by atoms with Gasteiger partial charge in [0.1, 0.15) is 11.5 Å². The number of halogens is 1. The fourth-order valence-corrected chi connectivity index (χ4v) is 3.80. The molecule has 1 aliphatic heterocycles. The maximum atomic E-state index is 12.5. The van der Waals surface area contributed by atoms with Crippen molar-refractivity contribution in [2.24, 2.45) is 4.99 Å². The predicted molar refractivity (Wildman–Crippen MR) is 98.2 cm³/mol. The molecule has 1 amide bonds. The number of likely N-dealkylation sites (N-methyl/N-ethyl adjacent to an activating group) is 1. The van der Waals surface area contributed by atoms with Crippen LogP contribution >= 0.6 is 27.7 Å². The first-order valence-electron chi connectivity index (χ1n) is 7.23. The largest absolute Gasteiger partial charge is 0.496 e. The van der Waals surface area contributed by atoms with E-state index in [0.717, 1.165) is 15.2 Å². The topological polar surface area (TPSA) is 51.1 Å². The minimum atomic E-state index is -0.0290. The van der Waals surface area contributed by atoms with Gasteiger partial charge in [-0.25, -0.2) is 0 Å². The van der Waals surface area contributed by atoms with Crippen molar-refractivity contribution in [3.05, 3.63) is 27.1 Å². The summed E-state index contributed by atoms with van der Waals surface area (Å²) >= 11 is 4.85. The second kappa shape index (κ2) is 7.88. The average Bonchev–Trinajstić information content (AvgIpc) is 2.83. The van der Waals surface area contributed by atoms with Crippen LogP contribution in [0.2, 0.25) is 0 Å². The molecule has 0 bridgehead atoms. The first-order chi connectivity index (χ1) is 11.0. The molecule has 2 rings (SSSR count). The molecule has 1 aliphatic rings. The van der Waals surface area contributed by atoms with Gasteiger partial charge in [-0.15, -0.1) is 0 Å². The van der Waals surface area contributed by atoms with Crippen molar-refractivity contribution in [2.45, 2.75) is 13.8 Å². The number of carbonyl (C=O) groups is 1. The zero-order valence-corrected chi connectivity index (χ0v) is 16.0. The Balaban J connectivity index is 2.44. The third-order valence-electron chi connectivity index (χ3n) is 3.29. The molecule has 7 heteroatoms. The molecule has 0 spiro atoms. The van der Waals surface area contributed by atoms with E-state index in [0.29, 0.717) is 29.5 Å². The lowest BCUT2D eigenvalue weighted by atomic mass is 10.1. The summed E-state index contributed by atoms with van der Waals surface area (Å²) in [6, 6.07) is 3.67. The van der Waals surface area contributed by atoms with Gasteiger partial charge in [0.05, 0.1) is 23.6 Å². The molecule has 23 heavy (non-hydrogen) atoms. The molecular formula is C16H19BrN2O3S. The molecule has 1 aromatic carbocycles. The van der Waals surface area contributed by atoms with Crippen molar-refractivity contribution in [2.75, 3.05) is 27.3 Å². The number of benzene rings is 1. The third-order valence-corrected chi connectivity index (χ3v) is 4.95. The number of rotatable bonds is 5. The fourth-order valence-electron chi connectivity index (χ4n) is 2.18. The molecule has 0 unspecified atom stereocenters. The normalized spacial score (nSPS) is 18.1. The van der Waals surface area contributed by atoms with Gasteiger partial charge in [-0.3, -0.25) is 14.7 Å². The van der Waals surface area contributed by atoms with Crippen LogP contribution in [-0.2, 0) is 4.79 Å². The van der Waals surface area contributed by atoms with Crippen molar-refractivity contribution in [1.29, 1.82) is 0 Å². The van der Waals surface area contributed by atoms with E-state index in [1.54, 1.807) is 25.2 Å². The van der Waals surface area contributed by atoms with Gasteiger partial charge < -0.3 is 9.47 Å². The van der Waals surface area contributed by atoms with Gasteiger partial charge in [0.25, 0.3) is 5.91 Å². The Morgan fingerprint density at radius 2 is 1.96 bits per heavy atom. The summed E-state index contributed by atoms with van der Waals surface area (Å²) in [5.74, 6) is 1.30. The Labute approximate surface area is 148 Å². The van der Waals surface area contributed by atoms with Crippen LogP contribution in [0.25, 0.3) is 6.08 Å². The van der Waals surface area contributed by atoms with Crippen LogP contribution in [0, 0.1) is 0 Å². The van der Waals surface area contributed by atoms with Crippen molar-refractivity contribution < 1.29 is 14.3 Å². The van der Waals surface area contributed by atoms with E-state index in [2.05, 4.69) is 20.9 Å².